The first-order valence-electron chi connectivity index (χ1n) is 8.29. The maximum absolute atomic E-state index is 13.7. The number of para-hydroxylation sites is 1. The lowest BCUT2D eigenvalue weighted by Crippen LogP contribution is -2.21. The number of carbonyl (C=O) groups is 2. The van der Waals surface area contributed by atoms with Crippen LogP contribution in [0.2, 0.25) is 0 Å². The quantitative estimate of drug-likeness (QED) is 0.660. The molecule has 1 aromatic heterocycles. The summed E-state index contributed by atoms with van der Waals surface area (Å²) < 4.78 is 46.8. The highest BCUT2D eigenvalue weighted by atomic mass is 19.4. The minimum Gasteiger partial charge on any atom is -0.484 e. The van der Waals surface area contributed by atoms with Crippen molar-refractivity contribution >= 4 is 17.5 Å². The average molecular weight is 404 g/mol. The van der Waals surface area contributed by atoms with Crippen molar-refractivity contribution < 1.29 is 27.5 Å². The Hall–Kier alpha value is -3.82. The largest absolute Gasteiger partial charge is 0.484 e. The zero-order valence-electron chi connectivity index (χ0n) is 14.8. The number of primary amides is 1. The Labute approximate surface area is 162 Å². The van der Waals surface area contributed by atoms with Crippen LogP contribution in [0.15, 0.2) is 60.8 Å². The standard InChI is InChI=1S/C19H15F3N4O3/c20-19(21,22)17-15(10-24-26(17)13-6-2-1-3-7-13)18(28)25-12-5-4-8-14(9-12)29-11-16(23)27/h1-10H,11H2,(H2,23,27)(H,25,28). The third-order valence-corrected chi connectivity index (χ3v) is 3.76. The molecular formula is C19H15F3N4O3. The van der Waals surface area contributed by atoms with Crippen LogP contribution in [-0.2, 0) is 11.0 Å². The summed E-state index contributed by atoms with van der Waals surface area (Å²) in [4.78, 5) is 23.3. The van der Waals surface area contributed by atoms with Crippen LogP contribution in [0.5, 0.6) is 5.75 Å². The van der Waals surface area contributed by atoms with Gasteiger partial charge < -0.3 is 15.8 Å². The molecule has 7 nitrogen and oxygen atoms in total. The molecule has 0 fully saturated rings. The minimum absolute atomic E-state index is 0.167. The van der Waals surface area contributed by atoms with Crippen LogP contribution >= 0.6 is 0 Å². The zero-order valence-corrected chi connectivity index (χ0v) is 14.8. The number of hydrogen-bond donors (Lipinski definition) is 2. The van der Waals surface area contributed by atoms with Gasteiger partial charge in [0, 0.05) is 11.8 Å². The molecule has 10 heteroatoms. The van der Waals surface area contributed by atoms with E-state index in [1.165, 1.54) is 36.4 Å². The van der Waals surface area contributed by atoms with Gasteiger partial charge in [0.2, 0.25) is 0 Å². The summed E-state index contributed by atoms with van der Waals surface area (Å²) in [6.45, 7) is -0.376. The van der Waals surface area contributed by atoms with Crippen molar-refractivity contribution in [3.63, 3.8) is 0 Å². The van der Waals surface area contributed by atoms with E-state index in [0.717, 1.165) is 6.20 Å². The van der Waals surface area contributed by atoms with Gasteiger partial charge in [-0.25, -0.2) is 4.68 Å². The molecule has 2 aromatic carbocycles. The first kappa shape index (κ1) is 19.9. The number of rotatable bonds is 6. The second-order valence-corrected chi connectivity index (χ2v) is 5.89. The van der Waals surface area contributed by atoms with Crippen molar-refractivity contribution in [3.05, 3.63) is 72.1 Å². The minimum atomic E-state index is -4.81. The number of hydrogen-bond acceptors (Lipinski definition) is 4. The van der Waals surface area contributed by atoms with Gasteiger partial charge in [-0.15, -0.1) is 0 Å². The van der Waals surface area contributed by atoms with Crippen molar-refractivity contribution in [3.8, 4) is 11.4 Å². The van der Waals surface area contributed by atoms with Crippen LogP contribution in [0.25, 0.3) is 5.69 Å². The predicted octanol–water partition coefficient (Wildman–Crippen LogP) is 3.01. The van der Waals surface area contributed by atoms with Crippen molar-refractivity contribution in [2.24, 2.45) is 5.73 Å². The van der Waals surface area contributed by atoms with Crippen molar-refractivity contribution in [2.45, 2.75) is 6.18 Å². The average Bonchev–Trinajstić information content (AvgIpc) is 3.13. The Morgan fingerprint density at radius 3 is 2.48 bits per heavy atom. The number of alkyl halides is 3. The number of aromatic nitrogens is 2. The second-order valence-electron chi connectivity index (χ2n) is 5.89. The van der Waals surface area contributed by atoms with Crippen LogP contribution in [0.4, 0.5) is 18.9 Å². The maximum Gasteiger partial charge on any atom is 0.434 e. The Balaban J connectivity index is 1.89. The first-order valence-corrected chi connectivity index (χ1v) is 8.29. The molecule has 0 aliphatic heterocycles. The number of ether oxygens (including phenoxy) is 1. The molecule has 0 saturated heterocycles. The zero-order chi connectivity index (χ0) is 21.0. The molecule has 3 aromatic rings. The van der Waals surface area contributed by atoms with Crippen molar-refractivity contribution in [2.75, 3.05) is 11.9 Å². The van der Waals surface area contributed by atoms with E-state index in [2.05, 4.69) is 10.4 Å². The van der Waals surface area contributed by atoms with Gasteiger partial charge in [0.05, 0.1) is 17.4 Å². The van der Waals surface area contributed by atoms with Crippen molar-refractivity contribution in [1.82, 2.24) is 9.78 Å². The molecule has 150 valence electrons. The van der Waals surface area contributed by atoms with Gasteiger partial charge in [-0.1, -0.05) is 24.3 Å². The molecule has 0 radical (unpaired) electrons. The molecule has 3 N–H and O–H groups in total. The third kappa shape index (κ3) is 4.72. The Morgan fingerprint density at radius 2 is 1.83 bits per heavy atom. The maximum atomic E-state index is 13.7. The fraction of sp³-hybridized carbons (Fsp3) is 0.105. The van der Waals surface area contributed by atoms with Gasteiger partial charge >= 0.3 is 6.18 Å². The van der Waals surface area contributed by atoms with Crippen LogP contribution in [0.3, 0.4) is 0 Å². The topological polar surface area (TPSA) is 99.2 Å². The molecule has 0 spiro atoms. The normalized spacial score (nSPS) is 11.1. The lowest BCUT2D eigenvalue weighted by Gasteiger charge is -2.13. The summed E-state index contributed by atoms with van der Waals surface area (Å²) in [5, 5.41) is 6.12. The highest BCUT2D eigenvalue weighted by Gasteiger charge is 2.40. The summed E-state index contributed by atoms with van der Waals surface area (Å²) in [7, 11) is 0. The lowest BCUT2D eigenvalue weighted by atomic mass is 10.2. The number of benzene rings is 2. The Morgan fingerprint density at radius 1 is 1.10 bits per heavy atom. The monoisotopic (exact) mass is 404 g/mol. The summed E-state index contributed by atoms with van der Waals surface area (Å²) >= 11 is 0. The molecule has 29 heavy (non-hydrogen) atoms. The van der Waals surface area contributed by atoms with E-state index in [1.54, 1.807) is 18.2 Å². The van der Waals surface area contributed by atoms with Crippen LogP contribution in [-0.4, -0.2) is 28.2 Å². The summed E-state index contributed by atoms with van der Waals surface area (Å²) in [6.07, 6.45) is -3.95. The summed E-state index contributed by atoms with van der Waals surface area (Å²) in [5.74, 6) is -1.47. The smallest absolute Gasteiger partial charge is 0.434 e. The Kier molecular flexibility index (Phi) is 5.53. The molecule has 0 unspecified atom stereocenters. The molecule has 0 bridgehead atoms. The number of amides is 2. The molecule has 0 atom stereocenters. The predicted molar refractivity (Wildman–Crippen MR) is 97.7 cm³/mol. The van der Waals surface area contributed by atoms with E-state index in [0.29, 0.717) is 4.68 Å². The third-order valence-electron chi connectivity index (χ3n) is 3.76. The van der Waals surface area contributed by atoms with Gasteiger partial charge in [0.25, 0.3) is 11.8 Å². The van der Waals surface area contributed by atoms with Crippen LogP contribution in [0.1, 0.15) is 16.1 Å². The second kappa shape index (κ2) is 8.05. The van der Waals surface area contributed by atoms with Gasteiger partial charge in [-0.2, -0.15) is 18.3 Å². The fourth-order valence-electron chi connectivity index (χ4n) is 2.57. The number of nitrogens with zero attached hydrogens (tertiary/aromatic N) is 2. The van der Waals surface area contributed by atoms with E-state index in [-0.39, 0.29) is 23.7 Å². The number of carbonyl (C=O) groups excluding carboxylic acids is 2. The lowest BCUT2D eigenvalue weighted by molar-refractivity contribution is -0.143. The number of nitrogens with one attached hydrogen (secondary N) is 1. The molecule has 0 aliphatic rings. The molecular weight excluding hydrogens is 389 g/mol. The van der Waals surface area contributed by atoms with Crippen molar-refractivity contribution in [1.29, 1.82) is 0 Å². The first-order chi connectivity index (χ1) is 13.8. The van der Waals surface area contributed by atoms with E-state index < -0.39 is 29.2 Å². The molecule has 0 saturated carbocycles. The Bertz CT molecular complexity index is 1030. The van der Waals surface area contributed by atoms with Crippen LogP contribution < -0.4 is 15.8 Å². The van der Waals surface area contributed by atoms with E-state index in [4.69, 9.17) is 10.5 Å². The number of nitrogens with two attached hydrogens (primary N) is 1. The number of anilines is 1. The van der Waals surface area contributed by atoms with E-state index in [9.17, 15) is 22.8 Å². The molecule has 1 heterocycles. The van der Waals surface area contributed by atoms with Gasteiger partial charge in [-0.05, 0) is 24.3 Å². The van der Waals surface area contributed by atoms with Gasteiger partial charge in [-0.3, -0.25) is 9.59 Å². The summed E-state index contributed by atoms with van der Waals surface area (Å²) in [6, 6.07) is 13.5. The van der Waals surface area contributed by atoms with E-state index >= 15 is 0 Å². The van der Waals surface area contributed by atoms with E-state index in [1.807, 2.05) is 0 Å². The van der Waals surface area contributed by atoms with Gasteiger partial charge in [0.15, 0.2) is 12.3 Å². The SMILES string of the molecule is NC(=O)COc1cccc(NC(=O)c2cnn(-c3ccccc3)c2C(F)(F)F)c1. The van der Waals surface area contributed by atoms with Crippen LogP contribution in [0, 0.1) is 0 Å². The highest BCUT2D eigenvalue weighted by molar-refractivity contribution is 6.05. The fourth-order valence-corrected chi connectivity index (χ4v) is 2.57. The highest BCUT2D eigenvalue weighted by Crippen LogP contribution is 2.34. The molecule has 2 amide bonds. The molecule has 0 aliphatic carbocycles. The summed E-state index contributed by atoms with van der Waals surface area (Å²) in [5.41, 5.74) is 3.51. The number of halogens is 3. The van der Waals surface area contributed by atoms with Gasteiger partial charge in [0.1, 0.15) is 5.75 Å². The molecule has 3 rings (SSSR count).